The van der Waals surface area contributed by atoms with Crippen molar-refractivity contribution in [3.05, 3.63) is 58.9 Å². The summed E-state index contributed by atoms with van der Waals surface area (Å²) in [6.07, 6.45) is 1.74. The lowest BCUT2D eigenvalue weighted by Gasteiger charge is -2.32. The Labute approximate surface area is 186 Å². The Morgan fingerprint density at radius 1 is 1.23 bits per heavy atom. The number of amides is 2. The standard InChI is InChI=1S/C23H26ClFN4O2/c24-20-12-19(6-7-21(20)29-10-8-26-22(30)15-29)27-23(31)17-4-2-9-28(14-17)13-16-3-1-5-18(25)11-16/h1,3,5-7,11-12,17H,2,4,8-10,13-15H2,(H,26,30)(H,27,31). The van der Waals surface area contributed by atoms with Crippen molar-refractivity contribution in [3.8, 4) is 0 Å². The molecule has 0 spiro atoms. The van der Waals surface area contributed by atoms with Gasteiger partial charge in [0, 0.05) is 31.9 Å². The van der Waals surface area contributed by atoms with Crippen molar-refractivity contribution < 1.29 is 14.0 Å². The van der Waals surface area contributed by atoms with Crippen LogP contribution in [0.5, 0.6) is 0 Å². The number of likely N-dealkylation sites (tertiary alicyclic amines) is 1. The first-order valence-corrected chi connectivity index (χ1v) is 10.9. The van der Waals surface area contributed by atoms with Gasteiger partial charge in [-0.1, -0.05) is 23.7 Å². The quantitative estimate of drug-likeness (QED) is 0.743. The van der Waals surface area contributed by atoms with Crippen LogP contribution >= 0.6 is 11.6 Å². The number of hydrogen-bond donors (Lipinski definition) is 2. The zero-order valence-corrected chi connectivity index (χ0v) is 18.0. The number of piperazine rings is 1. The van der Waals surface area contributed by atoms with Crippen LogP contribution in [0.25, 0.3) is 0 Å². The molecular weight excluding hydrogens is 419 g/mol. The van der Waals surface area contributed by atoms with Gasteiger partial charge in [-0.15, -0.1) is 0 Å². The van der Waals surface area contributed by atoms with Crippen LogP contribution in [0.1, 0.15) is 18.4 Å². The summed E-state index contributed by atoms with van der Waals surface area (Å²) < 4.78 is 13.5. The van der Waals surface area contributed by atoms with Crippen molar-refractivity contribution >= 4 is 34.8 Å². The highest BCUT2D eigenvalue weighted by molar-refractivity contribution is 6.33. The molecule has 31 heavy (non-hydrogen) atoms. The number of nitrogens with zero attached hydrogens (tertiary/aromatic N) is 2. The molecule has 2 aliphatic rings. The summed E-state index contributed by atoms with van der Waals surface area (Å²) in [5, 5.41) is 6.27. The first-order valence-electron chi connectivity index (χ1n) is 10.6. The average Bonchev–Trinajstić information content (AvgIpc) is 2.74. The summed E-state index contributed by atoms with van der Waals surface area (Å²) in [7, 11) is 0. The van der Waals surface area contributed by atoms with Crippen LogP contribution in [0.3, 0.4) is 0 Å². The van der Waals surface area contributed by atoms with Crippen LogP contribution in [0.4, 0.5) is 15.8 Å². The minimum absolute atomic E-state index is 0.0280. The number of carbonyl (C=O) groups is 2. The van der Waals surface area contributed by atoms with Crippen LogP contribution in [0, 0.1) is 11.7 Å². The molecular formula is C23H26ClFN4O2. The number of anilines is 2. The molecule has 2 heterocycles. The largest absolute Gasteiger partial charge is 0.359 e. The molecule has 2 saturated heterocycles. The topological polar surface area (TPSA) is 64.7 Å². The second-order valence-electron chi connectivity index (χ2n) is 8.13. The molecule has 6 nitrogen and oxygen atoms in total. The van der Waals surface area contributed by atoms with Gasteiger partial charge in [-0.25, -0.2) is 4.39 Å². The Balaban J connectivity index is 1.36. The van der Waals surface area contributed by atoms with Gasteiger partial charge in [0.05, 0.1) is 23.2 Å². The van der Waals surface area contributed by atoms with E-state index in [2.05, 4.69) is 15.5 Å². The molecule has 0 radical (unpaired) electrons. The molecule has 1 atom stereocenters. The van der Waals surface area contributed by atoms with Crippen molar-refractivity contribution in [3.63, 3.8) is 0 Å². The maximum atomic E-state index is 13.5. The Kier molecular flexibility index (Phi) is 6.73. The van der Waals surface area contributed by atoms with Crippen LogP contribution in [-0.4, -0.2) is 49.4 Å². The normalized spacial score (nSPS) is 19.7. The third kappa shape index (κ3) is 5.54. The third-order valence-corrected chi connectivity index (χ3v) is 6.07. The number of piperidine rings is 1. The van der Waals surface area contributed by atoms with E-state index < -0.39 is 0 Å². The Morgan fingerprint density at radius 3 is 2.87 bits per heavy atom. The fraction of sp³-hybridized carbons (Fsp3) is 0.391. The Bertz CT molecular complexity index is 970. The molecule has 2 fully saturated rings. The van der Waals surface area contributed by atoms with Gasteiger partial charge in [0.15, 0.2) is 0 Å². The Morgan fingerprint density at radius 2 is 2.10 bits per heavy atom. The molecule has 2 aliphatic heterocycles. The van der Waals surface area contributed by atoms with Crippen molar-refractivity contribution in [2.45, 2.75) is 19.4 Å². The van der Waals surface area contributed by atoms with Gasteiger partial charge in [-0.2, -0.15) is 0 Å². The van der Waals surface area contributed by atoms with Crippen LogP contribution in [0.15, 0.2) is 42.5 Å². The predicted molar refractivity (Wildman–Crippen MR) is 120 cm³/mol. The molecule has 2 aromatic carbocycles. The zero-order valence-electron chi connectivity index (χ0n) is 17.2. The summed E-state index contributed by atoms with van der Waals surface area (Å²) in [4.78, 5) is 28.6. The number of rotatable bonds is 5. The molecule has 0 aromatic heterocycles. The molecule has 164 valence electrons. The van der Waals surface area contributed by atoms with E-state index in [1.54, 1.807) is 18.2 Å². The second-order valence-corrected chi connectivity index (χ2v) is 8.54. The van der Waals surface area contributed by atoms with E-state index in [1.165, 1.54) is 6.07 Å². The first-order chi connectivity index (χ1) is 15.0. The average molecular weight is 445 g/mol. The highest BCUT2D eigenvalue weighted by Gasteiger charge is 2.26. The van der Waals surface area contributed by atoms with Gasteiger partial charge in [-0.3, -0.25) is 14.5 Å². The summed E-state index contributed by atoms with van der Waals surface area (Å²) in [6.45, 7) is 3.71. The molecule has 2 N–H and O–H groups in total. The molecule has 0 aliphatic carbocycles. The smallest absolute Gasteiger partial charge is 0.239 e. The summed E-state index contributed by atoms with van der Waals surface area (Å²) in [5.41, 5.74) is 2.34. The van der Waals surface area contributed by atoms with E-state index in [-0.39, 0.29) is 30.1 Å². The zero-order chi connectivity index (χ0) is 21.8. The highest BCUT2D eigenvalue weighted by atomic mass is 35.5. The van der Waals surface area contributed by atoms with Gasteiger partial charge in [0.25, 0.3) is 0 Å². The lowest BCUT2D eigenvalue weighted by molar-refractivity contribution is -0.122. The highest BCUT2D eigenvalue weighted by Crippen LogP contribution is 2.30. The fourth-order valence-electron chi connectivity index (χ4n) is 4.24. The Hall–Kier alpha value is -2.64. The van der Waals surface area contributed by atoms with Crippen LogP contribution in [0.2, 0.25) is 5.02 Å². The number of nitrogens with one attached hydrogen (secondary N) is 2. The minimum Gasteiger partial charge on any atom is -0.359 e. The predicted octanol–water partition coefficient (Wildman–Crippen LogP) is 3.27. The van der Waals surface area contributed by atoms with Gasteiger partial charge >= 0.3 is 0 Å². The lowest BCUT2D eigenvalue weighted by Crippen LogP contribution is -2.47. The van der Waals surface area contributed by atoms with E-state index in [1.807, 2.05) is 23.1 Å². The van der Waals surface area contributed by atoms with E-state index in [9.17, 15) is 14.0 Å². The summed E-state index contributed by atoms with van der Waals surface area (Å²) >= 11 is 6.44. The van der Waals surface area contributed by atoms with Crippen molar-refractivity contribution in [2.75, 3.05) is 42.9 Å². The number of hydrogen-bond acceptors (Lipinski definition) is 4. The maximum Gasteiger partial charge on any atom is 0.239 e. The van der Waals surface area contributed by atoms with Crippen molar-refractivity contribution in [1.29, 1.82) is 0 Å². The van der Waals surface area contributed by atoms with E-state index in [0.29, 0.717) is 36.9 Å². The van der Waals surface area contributed by atoms with Crippen molar-refractivity contribution in [1.82, 2.24) is 10.2 Å². The van der Waals surface area contributed by atoms with Crippen molar-refractivity contribution in [2.24, 2.45) is 5.92 Å². The number of halogens is 2. The molecule has 1 unspecified atom stereocenters. The number of benzene rings is 2. The monoisotopic (exact) mass is 444 g/mol. The minimum atomic E-state index is -0.241. The van der Waals surface area contributed by atoms with E-state index >= 15 is 0 Å². The molecule has 2 amide bonds. The lowest BCUT2D eigenvalue weighted by atomic mass is 9.96. The molecule has 8 heteroatoms. The van der Waals surface area contributed by atoms with Gasteiger partial charge in [-0.05, 0) is 55.3 Å². The number of carbonyl (C=O) groups excluding carboxylic acids is 2. The van der Waals surface area contributed by atoms with Gasteiger partial charge in [0.1, 0.15) is 5.82 Å². The second kappa shape index (κ2) is 9.66. The van der Waals surface area contributed by atoms with Crippen LogP contribution < -0.4 is 15.5 Å². The van der Waals surface area contributed by atoms with E-state index in [0.717, 1.165) is 30.6 Å². The first kappa shape index (κ1) is 21.6. The molecule has 4 rings (SSSR count). The summed E-state index contributed by atoms with van der Waals surface area (Å²) in [6, 6.07) is 12.0. The van der Waals surface area contributed by atoms with Gasteiger partial charge < -0.3 is 15.5 Å². The van der Waals surface area contributed by atoms with Gasteiger partial charge in [0.2, 0.25) is 11.8 Å². The van der Waals surface area contributed by atoms with E-state index in [4.69, 9.17) is 11.6 Å². The molecule has 2 aromatic rings. The third-order valence-electron chi connectivity index (χ3n) is 5.77. The van der Waals surface area contributed by atoms with Crippen LogP contribution in [-0.2, 0) is 16.1 Å². The molecule has 0 bridgehead atoms. The fourth-order valence-corrected chi connectivity index (χ4v) is 4.54. The summed E-state index contributed by atoms with van der Waals surface area (Å²) in [5.74, 6) is -0.439. The maximum absolute atomic E-state index is 13.5. The molecule has 0 saturated carbocycles. The SMILES string of the molecule is O=C1CN(c2ccc(NC(=O)C3CCCN(Cc4cccc(F)c4)C3)cc2Cl)CCN1.